The van der Waals surface area contributed by atoms with E-state index in [4.69, 9.17) is 0 Å². The van der Waals surface area contributed by atoms with Crippen LogP contribution in [-0.2, 0) is 15.0 Å². The van der Waals surface area contributed by atoms with Gasteiger partial charge in [-0.25, -0.2) is 4.79 Å². The monoisotopic (exact) mass is 321 g/mol. The van der Waals surface area contributed by atoms with Gasteiger partial charge in [0, 0.05) is 6.07 Å². The minimum Gasteiger partial charge on any atom is -0.452 e. The first-order chi connectivity index (χ1) is 9.66. The fourth-order valence-corrected chi connectivity index (χ4v) is 1.82. The van der Waals surface area contributed by atoms with Crippen LogP contribution in [-0.4, -0.2) is 31.5 Å². The van der Waals surface area contributed by atoms with Gasteiger partial charge < -0.3 is 8.92 Å². The van der Waals surface area contributed by atoms with Crippen molar-refractivity contribution in [1.29, 1.82) is 0 Å². The van der Waals surface area contributed by atoms with Crippen molar-refractivity contribution in [2.75, 3.05) is 7.11 Å². The number of methoxy groups -OCH3 is 1. The quantitative estimate of drug-likeness (QED) is 0.598. The summed E-state index contributed by atoms with van der Waals surface area (Å²) >= 11 is 0. The summed E-state index contributed by atoms with van der Waals surface area (Å²) in [6.45, 7) is 0. The van der Waals surface area contributed by atoms with Crippen molar-refractivity contribution in [3.63, 3.8) is 0 Å². The number of nitrogens with one attached hydrogen (secondary N) is 1. The van der Waals surface area contributed by atoms with Gasteiger partial charge in [-0.05, 0) is 6.07 Å². The van der Waals surface area contributed by atoms with E-state index in [-0.39, 0.29) is 0 Å². The molecule has 0 aromatic heterocycles. The number of carbonyl (C=O) groups excluding carboxylic acids is 1. The van der Waals surface area contributed by atoms with Gasteiger partial charge in [0.2, 0.25) is 5.75 Å². The van der Waals surface area contributed by atoms with Crippen molar-refractivity contribution >= 4 is 27.8 Å². The number of rotatable bonds is 5. The molecule has 0 saturated carbocycles. The second-order valence-corrected chi connectivity index (χ2v) is 4.58. The van der Waals surface area contributed by atoms with Gasteiger partial charge in [0.05, 0.1) is 23.0 Å². The van der Waals surface area contributed by atoms with Gasteiger partial charge in [-0.3, -0.25) is 20.2 Å². The standard InChI is InChI=1S/C8H7N3O9S/c1-19-8(12)9-21(17,18)20-7-3-2-5(10(13)14)4-6(7)11(15)16/h2-4H,1H3,(H,9,12). The maximum atomic E-state index is 11.4. The van der Waals surface area contributed by atoms with Crippen LogP contribution in [0.1, 0.15) is 0 Å². The summed E-state index contributed by atoms with van der Waals surface area (Å²) in [7, 11) is -3.85. The van der Waals surface area contributed by atoms with Crippen LogP contribution in [0, 0.1) is 20.2 Å². The average Bonchev–Trinajstić information content (AvgIpc) is 2.37. The Balaban J connectivity index is 3.16. The number of benzene rings is 1. The molecule has 1 amide bonds. The summed E-state index contributed by atoms with van der Waals surface area (Å²) in [6, 6.07) is 2.03. The van der Waals surface area contributed by atoms with Gasteiger partial charge in [-0.1, -0.05) is 0 Å². The van der Waals surface area contributed by atoms with Crippen LogP contribution in [0.2, 0.25) is 0 Å². The fraction of sp³-hybridized carbons (Fsp3) is 0.125. The van der Waals surface area contributed by atoms with Crippen molar-refractivity contribution < 1.29 is 32.0 Å². The predicted molar refractivity (Wildman–Crippen MR) is 64.8 cm³/mol. The van der Waals surface area contributed by atoms with E-state index in [0.717, 1.165) is 13.2 Å². The molecule has 21 heavy (non-hydrogen) atoms. The fourth-order valence-electron chi connectivity index (χ4n) is 1.12. The second kappa shape index (κ2) is 6.00. The lowest BCUT2D eigenvalue weighted by atomic mass is 10.2. The number of amides is 1. The van der Waals surface area contributed by atoms with Gasteiger partial charge >= 0.3 is 22.1 Å². The third-order valence-electron chi connectivity index (χ3n) is 1.94. The largest absolute Gasteiger partial charge is 0.452 e. The summed E-state index contributed by atoms with van der Waals surface area (Å²) in [4.78, 5) is 30.0. The zero-order chi connectivity index (χ0) is 16.2. The molecular weight excluding hydrogens is 314 g/mol. The Bertz CT molecular complexity index is 699. The molecule has 0 bridgehead atoms. The van der Waals surface area contributed by atoms with Gasteiger partial charge in [-0.2, -0.15) is 13.1 Å². The van der Waals surface area contributed by atoms with Crippen molar-refractivity contribution in [2.24, 2.45) is 0 Å². The Hall–Kier alpha value is -2.96. The van der Waals surface area contributed by atoms with Crippen LogP contribution in [0.15, 0.2) is 18.2 Å². The molecule has 0 fully saturated rings. The Kier molecular flexibility index (Phi) is 4.60. The minimum absolute atomic E-state index is 0.517. The van der Waals surface area contributed by atoms with Crippen molar-refractivity contribution in [1.82, 2.24) is 4.72 Å². The van der Waals surface area contributed by atoms with E-state index in [1.54, 1.807) is 0 Å². The third kappa shape index (κ3) is 4.27. The maximum Gasteiger partial charge on any atom is 0.423 e. The summed E-state index contributed by atoms with van der Waals surface area (Å²) in [5.74, 6) is -0.804. The predicted octanol–water partition coefficient (Wildman–Crippen LogP) is 0.483. The molecule has 0 radical (unpaired) electrons. The first-order valence-electron chi connectivity index (χ1n) is 4.89. The van der Waals surface area contributed by atoms with E-state index in [1.165, 1.54) is 4.72 Å². The van der Waals surface area contributed by atoms with E-state index in [1.807, 2.05) is 0 Å². The second-order valence-electron chi connectivity index (χ2n) is 3.30. The maximum absolute atomic E-state index is 11.4. The molecule has 13 heteroatoms. The van der Waals surface area contributed by atoms with Crippen LogP contribution >= 0.6 is 0 Å². The number of ether oxygens (including phenoxy) is 1. The number of hydrogen-bond donors (Lipinski definition) is 1. The number of nitro groups is 2. The van der Waals surface area contributed by atoms with Crippen LogP contribution in [0.25, 0.3) is 0 Å². The number of carbonyl (C=O) groups is 1. The van der Waals surface area contributed by atoms with Crippen molar-refractivity contribution in [3.05, 3.63) is 38.4 Å². The molecule has 0 unspecified atom stereocenters. The Morgan fingerprint density at radius 1 is 1.24 bits per heavy atom. The van der Waals surface area contributed by atoms with Crippen LogP contribution in [0.5, 0.6) is 5.75 Å². The number of nitro benzene ring substituents is 2. The molecule has 114 valence electrons. The molecule has 0 aliphatic heterocycles. The molecule has 1 N–H and O–H groups in total. The smallest absolute Gasteiger partial charge is 0.423 e. The van der Waals surface area contributed by atoms with Crippen LogP contribution in [0.4, 0.5) is 16.2 Å². The third-order valence-corrected chi connectivity index (χ3v) is 2.76. The highest BCUT2D eigenvalue weighted by Gasteiger charge is 2.26. The molecule has 0 spiro atoms. The molecule has 0 aliphatic carbocycles. The summed E-state index contributed by atoms with van der Waals surface area (Å²) < 4.78 is 32.4. The molecule has 12 nitrogen and oxygen atoms in total. The van der Waals surface area contributed by atoms with E-state index in [9.17, 15) is 33.4 Å². The number of nitrogens with zero attached hydrogens (tertiary/aromatic N) is 2. The highest BCUT2D eigenvalue weighted by Crippen LogP contribution is 2.31. The molecule has 0 heterocycles. The van der Waals surface area contributed by atoms with Crippen LogP contribution < -0.4 is 8.91 Å². The molecule has 0 atom stereocenters. The first-order valence-corrected chi connectivity index (χ1v) is 6.30. The lowest BCUT2D eigenvalue weighted by Crippen LogP contribution is -2.33. The van der Waals surface area contributed by atoms with Gasteiger partial charge in [0.1, 0.15) is 0 Å². The molecular formula is C8H7N3O9S. The van der Waals surface area contributed by atoms with Gasteiger partial charge in [0.25, 0.3) is 5.69 Å². The lowest BCUT2D eigenvalue weighted by molar-refractivity contribution is -0.394. The van der Waals surface area contributed by atoms with E-state index in [0.29, 0.717) is 12.1 Å². The van der Waals surface area contributed by atoms with Crippen LogP contribution in [0.3, 0.4) is 0 Å². The Morgan fingerprint density at radius 2 is 1.86 bits per heavy atom. The Labute approximate surface area is 116 Å². The SMILES string of the molecule is COC(=O)NS(=O)(=O)Oc1ccc([N+](=O)[O-])cc1[N+](=O)[O-]. The van der Waals surface area contributed by atoms with E-state index >= 15 is 0 Å². The minimum atomic E-state index is -4.73. The molecule has 1 aromatic carbocycles. The average molecular weight is 321 g/mol. The molecule has 1 rings (SSSR count). The molecule has 0 saturated heterocycles. The number of non-ortho nitro benzene ring substituents is 1. The summed E-state index contributed by atoms with van der Waals surface area (Å²) in [6.07, 6.45) is -1.38. The molecule has 1 aromatic rings. The van der Waals surface area contributed by atoms with Crippen molar-refractivity contribution in [3.8, 4) is 5.75 Å². The topological polar surface area (TPSA) is 168 Å². The zero-order valence-corrected chi connectivity index (χ0v) is 11.0. The first kappa shape index (κ1) is 16.1. The van der Waals surface area contributed by atoms with E-state index in [2.05, 4.69) is 8.92 Å². The normalized spacial score (nSPS) is 10.5. The zero-order valence-electron chi connectivity index (χ0n) is 10.2. The number of hydrogen-bond acceptors (Lipinski definition) is 9. The lowest BCUT2D eigenvalue weighted by Gasteiger charge is -2.07. The van der Waals surface area contributed by atoms with E-state index < -0.39 is 43.4 Å². The Morgan fingerprint density at radius 3 is 2.33 bits per heavy atom. The summed E-state index contributed by atoms with van der Waals surface area (Å²) in [5.41, 5.74) is -1.59. The molecule has 0 aliphatic rings. The van der Waals surface area contributed by atoms with Crippen molar-refractivity contribution in [2.45, 2.75) is 0 Å². The summed E-state index contributed by atoms with van der Waals surface area (Å²) in [5, 5.41) is 21.3. The van der Waals surface area contributed by atoms with Gasteiger partial charge in [-0.15, -0.1) is 0 Å². The highest BCUT2D eigenvalue weighted by molar-refractivity contribution is 7.85. The van der Waals surface area contributed by atoms with Gasteiger partial charge in [0.15, 0.2) is 0 Å². The highest BCUT2D eigenvalue weighted by atomic mass is 32.2.